The molecule has 1 N–H and O–H groups in total. The topological polar surface area (TPSA) is 49.4 Å². The van der Waals surface area contributed by atoms with Gasteiger partial charge in [0.2, 0.25) is 5.91 Å². The summed E-state index contributed by atoms with van der Waals surface area (Å²) in [4.78, 5) is 26.4. The molecule has 3 rings (SSSR count). The van der Waals surface area contributed by atoms with E-state index in [4.69, 9.17) is 0 Å². The number of carbonyl (C=O) groups excluding carboxylic acids is 2. The molecule has 0 unspecified atom stereocenters. The summed E-state index contributed by atoms with van der Waals surface area (Å²) in [6.45, 7) is 3.90. The Balaban J connectivity index is 1.89. The maximum atomic E-state index is 12.7. The Labute approximate surface area is 143 Å². The van der Waals surface area contributed by atoms with Crippen LogP contribution >= 0.6 is 15.9 Å². The highest BCUT2D eigenvalue weighted by Crippen LogP contribution is 2.30. The first kappa shape index (κ1) is 15.7. The molecule has 5 heteroatoms. The van der Waals surface area contributed by atoms with Crippen LogP contribution in [0.25, 0.3) is 0 Å². The molecule has 1 heterocycles. The molecule has 0 bridgehead atoms. The molecule has 1 fully saturated rings. The largest absolute Gasteiger partial charge is 0.372 e. The lowest BCUT2D eigenvalue weighted by molar-refractivity contribution is -0.121. The van der Waals surface area contributed by atoms with Gasteiger partial charge in [-0.1, -0.05) is 24.3 Å². The van der Waals surface area contributed by atoms with Gasteiger partial charge in [-0.05, 0) is 59.1 Å². The number of imide groups is 1. The van der Waals surface area contributed by atoms with Crippen LogP contribution in [0, 0.1) is 13.8 Å². The van der Waals surface area contributed by atoms with E-state index in [1.54, 1.807) is 0 Å². The second-order valence-corrected chi connectivity index (χ2v) is 6.52. The van der Waals surface area contributed by atoms with Gasteiger partial charge < -0.3 is 5.32 Å². The van der Waals surface area contributed by atoms with Gasteiger partial charge in [0.1, 0.15) is 6.04 Å². The van der Waals surface area contributed by atoms with Gasteiger partial charge >= 0.3 is 0 Å². The molecule has 2 aromatic carbocycles. The predicted molar refractivity (Wildman–Crippen MR) is 94.6 cm³/mol. The molecular weight excluding hydrogens is 356 g/mol. The molecule has 2 aromatic rings. The first-order valence-electron chi connectivity index (χ1n) is 7.43. The Morgan fingerprint density at radius 3 is 2.57 bits per heavy atom. The van der Waals surface area contributed by atoms with Gasteiger partial charge in [0.25, 0.3) is 5.91 Å². The maximum absolute atomic E-state index is 12.7. The molecule has 1 aliphatic heterocycles. The van der Waals surface area contributed by atoms with E-state index in [1.165, 1.54) is 4.90 Å². The summed E-state index contributed by atoms with van der Waals surface area (Å²) in [5.74, 6) is -0.382. The second-order valence-electron chi connectivity index (χ2n) is 5.67. The zero-order valence-electron chi connectivity index (χ0n) is 13.0. The minimum atomic E-state index is -0.541. The highest BCUT2D eigenvalue weighted by atomic mass is 79.9. The average Bonchev–Trinajstić information content (AvgIpc) is 2.79. The number of carbonyl (C=O) groups is 2. The van der Waals surface area contributed by atoms with Crippen molar-refractivity contribution < 1.29 is 9.59 Å². The molecule has 1 saturated heterocycles. The summed E-state index contributed by atoms with van der Waals surface area (Å²) in [5.41, 5.74) is 3.50. The predicted octanol–water partition coefficient (Wildman–Crippen LogP) is 3.81. The van der Waals surface area contributed by atoms with E-state index in [0.29, 0.717) is 5.69 Å². The quantitative estimate of drug-likeness (QED) is 0.833. The normalized spacial score (nSPS) is 17.7. The van der Waals surface area contributed by atoms with Crippen molar-refractivity contribution in [2.75, 3.05) is 10.2 Å². The van der Waals surface area contributed by atoms with E-state index in [-0.39, 0.29) is 18.2 Å². The van der Waals surface area contributed by atoms with Crippen LogP contribution in [0.5, 0.6) is 0 Å². The molecule has 0 aromatic heterocycles. The number of amides is 2. The van der Waals surface area contributed by atoms with Crippen LogP contribution in [-0.2, 0) is 9.59 Å². The van der Waals surface area contributed by atoms with Crippen molar-refractivity contribution >= 4 is 39.1 Å². The molecule has 118 valence electrons. The molecule has 0 aliphatic carbocycles. The van der Waals surface area contributed by atoms with Crippen molar-refractivity contribution in [2.45, 2.75) is 26.3 Å². The van der Waals surface area contributed by atoms with E-state index in [9.17, 15) is 9.59 Å². The Kier molecular flexibility index (Phi) is 4.22. The van der Waals surface area contributed by atoms with Gasteiger partial charge in [0, 0.05) is 10.2 Å². The van der Waals surface area contributed by atoms with E-state index in [1.807, 2.05) is 56.3 Å². The minimum Gasteiger partial charge on any atom is -0.372 e. The Morgan fingerprint density at radius 2 is 1.83 bits per heavy atom. The van der Waals surface area contributed by atoms with Crippen molar-refractivity contribution in [3.05, 3.63) is 58.1 Å². The molecule has 23 heavy (non-hydrogen) atoms. The summed E-state index contributed by atoms with van der Waals surface area (Å²) in [6, 6.07) is 12.7. The number of hydrogen-bond acceptors (Lipinski definition) is 3. The number of nitrogens with one attached hydrogen (secondary N) is 1. The molecule has 2 amide bonds. The average molecular weight is 373 g/mol. The lowest BCUT2D eigenvalue weighted by Gasteiger charge is -2.19. The number of halogens is 1. The number of hydrogen-bond donors (Lipinski definition) is 1. The number of aryl methyl sites for hydroxylation is 1. The SMILES string of the molecule is Cc1cccc(N2C(=O)C[C@@H](Nc3ccccc3Br)C2=O)c1C. The minimum absolute atomic E-state index is 0.160. The van der Waals surface area contributed by atoms with Crippen molar-refractivity contribution in [3.63, 3.8) is 0 Å². The van der Waals surface area contributed by atoms with Crippen LogP contribution in [0.15, 0.2) is 46.9 Å². The zero-order valence-corrected chi connectivity index (χ0v) is 14.6. The van der Waals surface area contributed by atoms with Gasteiger partial charge in [0.05, 0.1) is 12.1 Å². The van der Waals surface area contributed by atoms with E-state index < -0.39 is 6.04 Å². The fourth-order valence-electron chi connectivity index (χ4n) is 2.74. The third kappa shape index (κ3) is 2.88. The third-order valence-electron chi connectivity index (χ3n) is 4.17. The monoisotopic (exact) mass is 372 g/mol. The summed E-state index contributed by atoms with van der Waals surface area (Å²) >= 11 is 3.45. The lowest BCUT2D eigenvalue weighted by Crippen LogP contribution is -2.35. The molecule has 0 saturated carbocycles. The van der Waals surface area contributed by atoms with E-state index in [2.05, 4.69) is 21.2 Å². The van der Waals surface area contributed by atoms with Crippen molar-refractivity contribution in [3.8, 4) is 0 Å². The smallest absolute Gasteiger partial charge is 0.256 e. The first-order chi connectivity index (χ1) is 11.0. The second kappa shape index (κ2) is 6.16. The standard InChI is InChI=1S/C18H17BrN2O2/c1-11-6-5-9-16(12(11)2)21-17(22)10-15(18(21)23)20-14-8-4-3-7-13(14)19/h3-9,15,20H,10H2,1-2H3/t15-/m1/s1. The molecular formula is C18H17BrN2O2. The highest BCUT2D eigenvalue weighted by Gasteiger charge is 2.40. The summed E-state index contributed by atoms with van der Waals surface area (Å²) < 4.78 is 0.866. The lowest BCUT2D eigenvalue weighted by atomic mass is 10.1. The van der Waals surface area contributed by atoms with Crippen LogP contribution in [0.2, 0.25) is 0 Å². The van der Waals surface area contributed by atoms with Crippen molar-refractivity contribution in [1.29, 1.82) is 0 Å². The summed E-state index contributed by atoms with van der Waals surface area (Å²) in [5, 5.41) is 3.16. The van der Waals surface area contributed by atoms with Gasteiger partial charge in [-0.25, -0.2) is 4.90 Å². The Morgan fingerprint density at radius 1 is 1.09 bits per heavy atom. The maximum Gasteiger partial charge on any atom is 0.256 e. The van der Waals surface area contributed by atoms with Crippen LogP contribution in [0.4, 0.5) is 11.4 Å². The van der Waals surface area contributed by atoms with Crippen LogP contribution < -0.4 is 10.2 Å². The molecule has 1 atom stereocenters. The van der Waals surface area contributed by atoms with Crippen molar-refractivity contribution in [1.82, 2.24) is 0 Å². The van der Waals surface area contributed by atoms with Gasteiger partial charge in [-0.2, -0.15) is 0 Å². The number of para-hydroxylation sites is 1. The Bertz CT molecular complexity index is 788. The summed E-state index contributed by atoms with van der Waals surface area (Å²) in [6.07, 6.45) is 0.160. The number of anilines is 2. The fourth-order valence-corrected chi connectivity index (χ4v) is 3.14. The molecule has 1 aliphatic rings. The van der Waals surface area contributed by atoms with Gasteiger partial charge in [-0.15, -0.1) is 0 Å². The summed E-state index contributed by atoms with van der Waals surface area (Å²) in [7, 11) is 0. The van der Waals surface area contributed by atoms with Gasteiger partial charge in [-0.3, -0.25) is 9.59 Å². The van der Waals surface area contributed by atoms with Crippen LogP contribution in [0.3, 0.4) is 0 Å². The Hall–Kier alpha value is -2.14. The van der Waals surface area contributed by atoms with Crippen LogP contribution in [-0.4, -0.2) is 17.9 Å². The fraction of sp³-hybridized carbons (Fsp3) is 0.222. The number of rotatable bonds is 3. The molecule has 0 radical (unpaired) electrons. The van der Waals surface area contributed by atoms with Crippen molar-refractivity contribution in [2.24, 2.45) is 0 Å². The number of benzene rings is 2. The zero-order chi connectivity index (χ0) is 16.6. The highest BCUT2D eigenvalue weighted by molar-refractivity contribution is 9.10. The van der Waals surface area contributed by atoms with E-state index >= 15 is 0 Å². The first-order valence-corrected chi connectivity index (χ1v) is 8.22. The molecule has 4 nitrogen and oxygen atoms in total. The van der Waals surface area contributed by atoms with E-state index in [0.717, 1.165) is 21.3 Å². The third-order valence-corrected chi connectivity index (χ3v) is 4.86. The van der Waals surface area contributed by atoms with Crippen LogP contribution in [0.1, 0.15) is 17.5 Å². The number of nitrogens with zero attached hydrogens (tertiary/aromatic N) is 1. The van der Waals surface area contributed by atoms with Gasteiger partial charge in [0.15, 0.2) is 0 Å². The molecule has 0 spiro atoms.